The number of nitrogens with one attached hydrogen (secondary N) is 2. The van der Waals surface area contributed by atoms with Crippen molar-refractivity contribution in [3.05, 3.63) is 81.4 Å². The van der Waals surface area contributed by atoms with Crippen LogP contribution in [0.1, 0.15) is 30.0 Å². The van der Waals surface area contributed by atoms with E-state index in [-0.39, 0.29) is 11.4 Å². The third kappa shape index (κ3) is 7.10. The smallest absolute Gasteiger partial charge is 0.253 e. The van der Waals surface area contributed by atoms with Gasteiger partial charge in [-0.05, 0) is 78.4 Å². The van der Waals surface area contributed by atoms with Crippen LogP contribution in [0.15, 0.2) is 53.3 Å². The number of benzene rings is 2. The molecule has 0 aliphatic carbocycles. The van der Waals surface area contributed by atoms with Gasteiger partial charge in [0.1, 0.15) is 5.82 Å². The number of pyridine rings is 1. The summed E-state index contributed by atoms with van der Waals surface area (Å²) in [4.78, 5) is 20.2. The molecule has 0 radical (unpaired) electrons. The molecule has 1 fully saturated rings. The molecule has 3 aromatic rings. The number of hydrogen-bond acceptors (Lipinski definition) is 4. The Morgan fingerprint density at radius 1 is 1.11 bits per heavy atom. The molecule has 0 saturated carbocycles. The monoisotopic (exact) mass is 496 g/mol. The first-order valence-corrected chi connectivity index (χ1v) is 12.6. The largest absolute Gasteiger partial charge is 0.379 e. The summed E-state index contributed by atoms with van der Waals surface area (Å²) in [5, 5.41) is 4.95. The van der Waals surface area contributed by atoms with Gasteiger partial charge < -0.3 is 19.9 Å². The van der Waals surface area contributed by atoms with Crippen molar-refractivity contribution in [1.82, 2.24) is 20.1 Å². The average molecular weight is 497 g/mol. The van der Waals surface area contributed by atoms with Crippen LogP contribution in [0.3, 0.4) is 0 Å². The summed E-state index contributed by atoms with van der Waals surface area (Å²) in [7, 11) is 0. The molecular weight excluding hydrogens is 463 g/mol. The molecule has 0 atom stereocenters. The maximum absolute atomic E-state index is 13.4. The molecule has 8 heteroatoms. The van der Waals surface area contributed by atoms with E-state index in [4.69, 9.17) is 17.0 Å². The fourth-order valence-electron chi connectivity index (χ4n) is 4.29. The van der Waals surface area contributed by atoms with E-state index in [9.17, 15) is 9.18 Å². The molecule has 6 nitrogen and oxygen atoms in total. The van der Waals surface area contributed by atoms with Crippen molar-refractivity contribution < 1.29 is 9.13 Å². The van der Waals surface area contributed by atoms with E-state index < -0.39 is 0 Å². The Hall–Kier alpha value is -2.81. The molecule has 186 valence electrons. The van der Waals surface area contributed by atoms with Crippen LogP contribution in [0.2, 0.25) is 0 Å². The van der Waals surface area contributed by atoms with Gasteiger partial charge in [0.15, 0.2) is 5.11 Å². The second-order valence-electron chi connectivity index (χ2n) is 8.92. The first kappa shape index (κ1) is 25.3. The fraction of sp³-hybridized carbons (Fsp3) is 0.407. The number of H-pyrrole nitrogens is 1. The summed E-state index contributed by atoms with van der Waals surface area (Å²) in [5.41, 5.74) is 3.49. The molecule has 35 heavy (non-hydrogen) atoms. The SMILES string of the molecule is CCc1ccc2[nH]c(=O)c(CN(Cc3ccc(F)cc3)C(=S)NCCCN3CCOCC3)cc2c1. The highest BCUT2D eigenvalue weighted by atomic mass is 32.1. The fourth-order valence-corrected chi connectivity index (χ4v) is 4.52. The molecule has 1 saturated heterocycles. The van der Waals surface area contributed by atoms with Gasteiger partial charge >= 0.3 is 0 Å². The van der Waals surface area contributed by atoms with Crippen molar-refractivity contribution in [3.8, 4) is 0 Å². The van der Waals surface area contributed by atoms with Gasteiger partial charge in [-0.2, -0.15) is 0 Å². The lowest BCUT2D eigenvalue weighted by Gasteiger charge is -2.28. The van der Waals surface area contributed by atoms with E-state index in [0.29, 0.717) is 23.8 Å². The van der Waals surface area contributed by atoms with Gasteiger partial charge in [-0.25, -0.2) is 4.39 Å². The number of hydrogen-bond donors (Lipinski definition) is 2. The van der Waals surface area contributed by atoms with Crippen molar-refractivity contribution in [1.29, 1.82) is 0 Å². The van der Waals surface area contributed by atoms with Gasteiger partial charge in [0.25, 0.3) is 5.56 Å². The molecule has 0 spiro atoms. The molecule has 1 aromatic heterocycles. The molecule has 0 unspecified atom stereocenters. The minimum Gasteiger partial charge on any atom is -0.379 e. The highest BCUT2D eigenvalue weighted by molar-refractivity contribution is 7.80. The van der Waals surface area contributed by atoms with Crippen LogP contribution < -0.4 is 10.9 Å². The van der Waals surface area contributed by atoms with Crippen LogP contribution in [-0.4, -0.2) is 59.3 Å². The number of fused-ring (bicyclic) bond motifs is 1. The summed E-state index contributed by atoms with van der Waals surface area (Å²) >= 11 is 5.74. The molecule has 0 amide bonds. The Bertz CT molecular complexity index is 1190. The van der Waals surface area contributed by atoms with E-state index in [2.05, 4.69) is 28.2 Å². The molecule has 2 aromatic carbocycles. The number of thiocarbonyl (C=S) groups is 1. The third-order valence-electron chi connectivity index (χ3n) is 6.36. The summed E-state index contributed by atoms with van der Waals surface area (Å²) < 4.78 is 18.9. The van der Waals surface area contributed by atoms with E-state index in [1.807, 2.05) is 23.1 Å². The summed E-state index contributed by atoms with van der Waals surface area (Å²) in [6.45, 7) is 8.18. The van der Waals surface area contributed by atoms with Crippen molar-refractivity contribution in [2.45, 2.75) is 32.9 Å². The highest BCUT2D eigenvalue weighted by Crippen LogP contribution is 2.16. The number of aryl methyl sites for hydroxylation is 1. The average Bonchev–Trinajstić information content (AvgIpc) is 2.88. The first-order chi connectivity index (χ1) is 17.0. The van der Waals surface area contributed by atoms with Crippen LogP contribution in [0.5, 0.6) is 0 Å². The quantitative estimate of drug-likeness (QED) is 0.347. The standard InChI is InChI=1S/C27H33FN4O2S/c1-2-20-6-9-25-22(16-20)17-23(26(33)30-25)19-32(18-21-4-7-24(28)8-5-21)27(35)29-10-3-11-31-12-14-34-15-13-31/h4-9,16-17H,2-3,10-15,18-19H2,1H3,(H,29,35)(H,30,33). The molecule has 2 heterocycles. The van der Waals surface area contributed by atoms with Crippen molar-refractivity contribution >= 4 is 28.2 Å². The molecule has 4 rings (SSSR count). The number of rotatable bonds is 9. The zero-order chi connectivity index (χ0) is 24.6. The van der Waals surface area contributed by atoms with Gasteiger partial charge in [0, 0.05) is 37.3 Å². The van der Waals surface area contributed by atoms with Gasteiger partial charge in [-0.1, -0.05) is 25.1 Å². The normalized spacial score (nSPS) is 14.2. The minimum absolute atomic E-state index is 0.124. The number of nitrogens with zero attached hydrogens (tertiary/aromatic N) is 2. The summed E-state index contributed by atoms with van der Waals surface area (Å²) in [6, 6.07) is 14.4. The number of ether oxygens (including phenoxy) is 1. The maximum Gasteiger partial charge on any atom is 0.253 e. The predicted molar refractivity (Wildman–Crippen MR) is 142 cm³/mol. The molecule has 1 aliphatic rings. The lowest BCUT2D eigenvalue weighted by atomic mass is 10.1. The number of aromatic amines is 1. The number of halogens is 1. The first-order valence-electron chi connectivity index (χ1n) is 12.2. The van der Waals surface area contributed by atoms with Gasteiger partial charge in [-0.15, -0.1) is 0 Å². The van der Waals surface area contributed by atoms with E-state index >= 15 is 0 Å². The summed E-state index contributed by atoms with van der Waals surface area (Å²) in [6.07, 6.45) is 1.89. The zero-order valence-corrected chi connectivity index (χ0v) is 21.0. The van der Waals surface area contributed by atoms with Crippen molar-refractivity contribution in [2.24, 2.45) is 0 Å². The van der Waals surface area contributed by atoms with E-state index in [0.717, 1.165) is 68.7 Å². The van der Waals surface area contributed by atoms with E-state index in [1.54, 1.807) is 12.1 Å². The Morgan fingerprint density at radius 3 is 2.60 bits per heavy atom. The Balaban J connectivity index is 1.47. The number of aromatic nitrogens is 1. The molecule has 2 N–H and O–H groups in total. The predicted octanol–water partition coefficient (Wildman–Crippen LogP) is 3.83. The van der Waals surface area contributed by atoms with Crippen molar-refractivity contribution in [2.75, 3.05) is 39.4 Å². The second-order valence-corrected chi connectivity index (χ2v) is 9.31. The van der Waals surface area contributed by atoms with Crippen LogP contribution in [0.4, 0.5) is 4.39 Å². The zero-order valence-electron chi connectivity index (χ0n) is 20.2. The Labute approximate surface area is 211 Å². The van der Waals surface area contributed by atoms with Crippen LogP contribution in [0.25, 0.3) is 10.9 Å². The highest BCUT2D eigenvalue weighted by Gasteiger charge is 2.15. The summed E-state index contributed by atoms with van der Waals surface area (Å²) in [5.74, 6) is -0.276. The van der Waals surface area contributed by atoms with Gasteiger partial charge in [-0.3, -0.25) is 9.69 Å². The topological polar surface area (TPSA) is 60.6 Å². The molecular formula is C27H33FN4O2S. The number of morpholine rings is 1. The lowest BCUT2D eigenvalue weighted by molar-refractivity contribution is 0.0376. The van der Waals surface area contributed by atoms with Gasteiger partial charge in [0.2, 0.25) is 0 Å². The van der Waals surface area contributed by atoms with Crippen molar-refractivity contribution in [3.63, 3.8) is 0 Å². The lowest BCUT2D eigenvalue weighted by Crippen LogP contribution is -2.42. The Kier molecular flexibility index (Phi) is 8.84. The second kappa shape index (κ2) is 12.2. The maximum atomic E-state index is 13.4. The van der Waals surface area contributed by atoms with Gasteiger partial charge in [0.05, 0.1) is 19.8 Å². The van der Waals surface area contributed by atoms with Crippen LogP contribution in [0, 0.1) is 5.82 Å². The van der Waals surface area contributed by atoms with E-state index in [1.165, 1.54) is 17.7 Å². The third-order valence-corrected chi connectivity index (χ3v) is 6.76. The Morgan fingerprint density at radius 2 is 1.86 bits per heavy atom. The molecule has 1 aliphatic heterocycles. The van der Waals surface area contributed by atoms with Crippen LogP contribution in [-0.2, 0) is 24.2 Å². The minimum atomic E-state index is -0.276. The molecule has 0 bridgehead atoms. The van der Waals surface area contributed by atoms with Crippen LogP contribution >= 0.6 is 12.2 Å².